The van der Waals surface area contributed by atoms with Crippen molar-refractivity contribution in [2.45, 2.75) is 11.8 Å². The van der Waals surface area contributed by atoms with Gasteiger partial charge in [0.05, 0.1) is 4.90 Å². The van der Waals surface area contributed by atoms with E-state index in [9.17, 15) is 12.8 Å². The van der Waals surface area contributed by atoms with Gasteiger partial charge < -0.3 is 0 Å². The minimum atomic E-state index is -4.29. The van der Waals surface area contributed by atoms with Crippen LogP contribution in [0.4, 0.5) is 4.39 Å². The van der Waals surface area contributed by atoms with Crippen molar-refractivity contribution >= 4 is 10.1 Å². The van der Waals surface area contributed by atoms with Crippen LogP contribution in [0.1, 0.15) is 5.56 Å². The topological polar surface area (TPSA) is 54.4 Å². The highest BCUT2D eigenvalue weighted by molar-refractivity contribution is 7.85. The van der Waals surface area contributed by atoms with Crippen molar-refractivity contribution in [1.29, 1.82) is 0 Å². The summed E-state index contributed by atoms with van der Waals surface area (Å²) in [5, 5.41) is 0. The van der Waals surface area contributed by atoms with Crippen LogP contribution >= 0.6 is 0 Å². The van der Waals surface area contributed by atoms with Crippen molar-refractivity contribution in [3.63, 3.8) is 0 Å². The van der Waals surface area contributed by atoms with Crippen LogP contribution in [0.15, 0.2) is 47.4 Å². The molecule has 0 bridgehead atoms. The lowest BCUT2D eigenvalue weighted by atomic mass is 10.0. The Labute approximate surface area is 105 Å². The summed E-state index contributed by atoms with van der Waals surface area (Å²) in [6.07, 6.45) is 0. The van der Waals surface area contributed by atoms with E-state index in [1.807, 2.05) is 0 Å². The molecule has 1 N–H and O–H groups in total. The molecule has 0 aromatic heterocycles. The van der Waals surface area contributed by atoms with Gasteiger partial charge in [0.2, 0.25) is 0 Å². The Kier molecular flexibility index (Phi) is 3.19. The molecule has 3 nitrogen and oxygen atoms in total. The van der Waals surface area contributed by atoms with Gasteiger partial charge in [-0.15, -0.1) is 0 Å². The van der Waals surface area contributed by atoms with Gasteiger partial charge in [-0.3, -0.25) is 4.55 Å². The first-order valence-electron chi connectivity index (χ1n) is 5.22. The van der Waals surface area contributed by atoms with Crippen LogP contribution in [0.25, 0.3) is 11.1 Å². The Hall–Kier alpha value is -1.72. The molecular formula is C13H11FO3S. The number of hydrogen-bond acceptors (Lipinski definition) is 2. The van der Waals surface area contributed by atoms with Gasteiger partial charge in [-0.2, -0.15) is 8.42 Å². The molecule has 0 saturated carbocycles. The molecule has 0 unspecified atom stereocenters. The summed E-state index contributed by atoms with van der Waals surface area (Å²) in [4.78, 5) is -0.244. The normalized spacial score (nSPS) is 11.5. The molecule has 5 heteroatoms. The van der Waals surface area contributed by atoms with E-state index in [-0.39, 0.29) is 4.90 Å². The van der Waals surface area contributed by atoms with Gasteiger partial charge in [-0.1, -0.05) is 24.3 Å². The Bertz CT molecular complexity index is 693. The van der Waals surface area contributed by atoms with Crippen LogP contribution in [-0.4, -0.2) is 13.0 Å². The highest BCUT2D eigenvalue weighted by atomic mass is 32.2. The van der Waals surface area contributed by atoms with Crippen molar-refractivity contribution in [3.8, 4) is 11.1 Å². The molecule has 0 aliphatic heterocycles. The summed E-state index contributed by atoms with van der Waals surface area (Å²) in [5.74, 6) is -0.437. The number of benzene rings is 2. The summed E-state index contributed by atoms with van der Waals surface area (Å²) >= 11 is 0. The van der Waals surface area contributed by atoms with Gasteiger partial charge >= 0.3 is 0 Å². The zero-order valence-corrected chi connectivity index (χ0v) is 10.4. The van der Waals surface area contributed by atoms with E-state index in [2.05, 4.69) is 0 Å². The molecule has 0 aliphatic carbocycles. The lowest BCUT2D eigenvalue weighted by molar-refractivity contribution is 0.483. The van der Waals surface area contributed by atoms with Crippen LogP contribution in [-0.2, 0) is 10.1 Å². The second-order valence-corrected chi connectivity index (χ2v) is 5.35. The molecule has 0 heterocycles. The molecule has 0 spiro atoms. The third kappa shape index (κ3) is 2.42. The van der Waals surface area contributed by atoms with Gasteiger partial charge in [0.25, 0.3) is 10.1 Å². The second-order valence-electron chi connectivity index (χ2n) is 3.93. The largest absolute Gasteiger partial charge is 0.294 e. The van der Waals surface area contributed by atoms with Gasteiger partial charge in [0, 0.05) is 5.56 Å². The maximum atomic E-state index is 13.7. The van der Waals surface area contributed by atoms with Crippen molar-refractivity contribution in [2.75, 3.05) is 0 Å². The molecule has 0 amide bonds. The van der Waals surface area contributed by atoms with Crippen LogP contribution in [0.3, 0.4) is 0 Å². The minimum absolute atomic E-state index is 0.244. The van der Waals surface area contributed by atoms with Gasteiger partial charge in [-0.05, 0) is 36.2 Å². The molecule has 2 rings (SSSR count). The van der Waals surface area contributed by atoms with E-state index in [1.165, 1.54) is 24.3 Å². The molecule has 0 aliphatic rings. The molecule has 2 aromatic rings. The highest BCUT2D eigenvalue weighted by Gasteiger charge is 2.14. The zero-order valence-electron chi connectivity index (χ0n) is 9.59. The number of hydrogen-bond donors (Lipinski definition) is 1. The summed E-state index contributed by atoms with van der Waals surface area (Å²) in [6.45, 7) is 1.75. The standard InChI is InChI=1S/C13H11FO3S/c1-9-6-7-10(18(15,16)17)8-12(9)11-4-2-3-5-13(11)14/h2-8H,1H3,(H,15,16,17). The van der Waals surface area contributed by atoms with E-state index in [0.29, 0.717) is 11.1 Å². The van der Waals surface area contributed by atoms with Crippen LogP contribution in [0.2, 0.25) is 0 Å². The van der Waals surface area contributed by atoms with E-state index in [4.69, 9.17) is 4.55 Å². The minimum Gasteiger partial charge on any atom is -0.282 e. The Morgan fingerprint density at radius 3 is 2.33 bits per heavy atom. The second kappa shape index (κ2) is 4.51. The van der Waals surface area contributed by atoms with Crippen LogP contribution in [0.5, 0.6) is 0 Å². The maximum Gasteiger partial charge on any atom is 0.294 e. The van der Waals surface area contributed by atoms with E-state index in [0.717, 1.165) is 5.56 Å². The first kappa shape index (κ1) is 12.7. The lowest BCUT2D eigenvalue weighted by Crippen LogP contribution is -1.99. The third-order valence-electron chi connectivity index (χ3n) is 2.67. The SMILES string of the molecule is Cc1ccc(S(=O)(=O)O)cc1-c1ccccc1F. The maximum absolute atomic E-state index is 13.7. The molecule has 0 atom stereocenters. The third-order valence-corrected chi connectivity index (χ3v) is 3.52. The van der Waals surface area contributed by atoms with Crippen molar-refractivity contribution in [2.24, 2.45) is 0 Å². The molecule has 18 heavy (non-hydrogen) atoms. The van der Waals surface area contributed by atoms with Crippen LogP contribution < -0.4 is 0 Å². The van der Waals surface area contributed by atoms with Gasteiger partial charge in [0.15, 0.2) is 0 Å². The van der Waals surface area contributed by atoms with Gasteiger partial charge in [0.1, 0.15) is 5.82 Å². The van der Waals surface area contributed by atoms with Crippen molar-refractivity contribution in [1.82, 2.24) is 0 Å². The first-order valence-corrected chi connectivity index (χ1v) is 6.66. The fourth-order valence-electron chi connectivity index (χ4n) is 1.73. The van der Waals surface area contributed by atoms with Crippen molar-refractivity contribution in [3.05, 3.63) is 53.8 Å². The smallest absolute Gasteiger partial charge is 0.282 e. The molecule has 2 aromatic carbocycles. The average Bonchev–Trinajstić information content (AvgIpc) is 2.29. The zero-order chi connectivity index (χ0) is 13.3. The molecule has 94 valence electrons. The molecule has 0 fully saturated rings. The number of aryl methyl sites for hydroxylation is 1. The Balaban J connectivity index is 2.69. The van der Waals surface area contributed by atoms with Crippen molar-refractivity contribution < 1.29 is 17.4 Å². The molecule has 0 saturated heterocycles. The van der Waals surface area contributed by atoms with E-state index < -0.39 is 15.9 Å². The fourth-order valence-corrected chi connectivity index (χ4v) is 2.24. The Morgan fingerprint density at radius 2 is 1.72 bits per heavy atom. The summed E-state index contributed by atoms with van der Waals surface area (Å²) in [5.41, 5.74) is 1.48. The first-order chi connectivity index (χ1) is 8.39. The number of rotatable bonds is 2. The molecular weight excluding hydrogens is 255 g/mol. The average molecular weight is 266 g/mol. The number of halogens is 1. The highest BCUT2D eigenvalue weighted by Crippen LogP contribution is 2.28. The quantitative estimate of drug-likeness (QED) is 0.850. The van der Waals surface area contributed by atoms with E-state index >= 15 is 0 Å². The lowest BCUT2D eigenvalue weighted by Gasteiger charge is -2.08. The summed E-state index contributed by atoms with van der Waals surface area (Å²) in [6, 6.07) is 10.2. The summed E-state index contributed by atoms with van der Waals surface area (Å²) < 4.78 is 44.8. The predicted molar refractivity (Wildman–Crippen MR) is 66.4 cm³/mol. The van der Waals surface area contributed by atoms with Gasteiger partial charge in [-0.25, -0.2) is 4.39 Å². The fraction of sp³-hybridized carbons (Fsp3) is 0.0769. The molecule has 0 radical (unpaired) electrons. The Morgan fingerprint density at radius 1 is 1.06 bits per heavy atom. The van der Waals surface area contributed by atoms with E-state index in [1.54, 1.807) is 25.1 Å². The predicted octanol–water partition coefficient (Wildman–Crippen LogP) is 3.05. The summed E-state index contributed by atoms with van der Waals surface area (Å²) in [7, 11) is -4.29. The van der Waals surface area contributed by atoms with Crippen LogP contribution in [0, 0.1) is 12.7 Å². The monoisotopic (exact) mass is 266 g/mol.